The largest absolute Gasteiger partial charge is 0.297 e. The highest BCUT2D eigenvalue weighted by molar-refractivity contribution is 7.21. The van der Waals surface area contributed by atoms with Gasteiger partial charge in [0, 0.05) is 0 Å². The van der Waals surface area contributed by atoms with Crippen molar-refractivity contribution < 1.29 is 4.79 Å². The van der Waals surface area contributed by atoms with E-state index in [9.17, 15) is 4.79 Å². The zero-order valence-corrected chi connectivity index (χ0v) is 8.45. The first-order chi connectivity index (χ1) is 6.20. The monoisotopic (exact) mass is 232 g/mol. The van der Waals surface area contributed by atoms with Crippen LogP contribution < -0.4 is 0 Å². The van der Waals surface area contributed by atoms with Crippen molar-refractivity contribution in [2.45, 2.75) is 0 Å². The van der Waals surface area contributed by atoms with E-state index in [-0.39, 0.29) is 10.4 Å². The molecule has 0 atom stereocenters. The number of aldehydes is 1. The van der Waals surface area contributed by atoms with E-state index in [4.69, 9.17) is 23.2 Å². The third kappa shape index (κ3) is 1.52. The van der Waals surface area contributed by atoms with Gasteiger partial charge in [-0.15, -0.1) is 11.3 Å². The second-order valence-electron chi connectivity index (χ2n) is 2.26. The normalized spacial score (nSPS) is 10.6. The van der Waals surface area contributed by atoms with Crippen molar-refractivity contribution in [1.82, 2.24) is 9.97 Å². The van der Waals surface area contributed by atoms with Gasteiger partial charge >= 0.3 is 0 Å². The molecule has 2 aromatic heterocycles. The van der Waals surface area contributed by atoms with E-state index in [0.717, 1.165) is 6.29 Å². The van der Waals surface area contributed by atoms with Crippen molar-refractivity contribution >= 4 is 51.0 Å². The minimum absolute atomic E-state index is 0.0905. The molecule has 0 aliphatic carbocycles. The Balaban J connectivity index is 2.82. The third-order valence-corrected chi connectivity index (χ3v) is 3.05. The van der Waals surface area contributed by atoms with Gasteiger partial charge in [-0.05, 0) is 17.7 Å². The van der Waals surface area contributed by atoms with Crippen molar-refractivity contribution in [1.29, 1.82) is 0 Å². The Bertz CT molecular complexity index is 483. The Labute approximate surface area is 87.3 Å². The SMILES string of the molecule is O=Cc1cc2nc(Cl)nc(Cl)c2s1. The summed E-state index contributed by atoms with van der Waals surface area (Å²) < 4.78 is 0.688. The number of hydrogen-bond acceptors (Lipinski definition) is 4. The van der Waals surface area contributed by atoms with Crippen LogP contribution in [0.5, 0.6) is 0 Å². The molecule has 0 N–H and O–H groups in total. The maximum atomic E-state index is 10.5. The van der Waals surface area contributed by atoms with Crippen molar-refractivity contribution in [3.05, 3.63) is 21.4 Å². The second kappa shape index (κ2) is 3.21. The van der Waals surface area contributed by atoms with Gasteiger partial charge in [0.05, 0.1) is 15.1 Å². The maximum Gasteiger partial charge on any atom is 0.224 e. The fourth-order valence-electron chi connectivity index (χ4n) is 0.945. The topological polar surface area (TPSA) is 42.9 Å². The minimum Gasteiger partial charge on any atom is -0.297 e. The fourth-order valence-corrected chi connectivity index (χ4v) is 2.25. The molecule has 0 radical (unpaired) electrons. The number of aromatic nitrogens is 2. The van der Waals surface area contributed by atoms with Crippen LogP contribution in [0, 0.1) is 0 Å². The number of nitrogens with zero attached hydrogens (tertiary/aromatic N) is 2. The maximum absolute atomic E-state index is 10.5. The average Bonchev–Trinajstić information content (AvgIpc) is 2.47. The predicted octanol–water partition coefficient (Wildman–Crippen LogP) is 2.81. The third-order valence-electron chi connectivity index (χ3n) is 1.44. The van der Waals surface area contributed by atoms with Gasteiger partial charge in [0.25, 0.3) is 0 Å². The van der Waals surface area contributed by atoms with E-state index >= 15 is 0 Å². The Kier molecular flexibility index (Phi) is 2.19. The van der Waals surface area contributed by atoms with Gasteiger partial charge in [0.15, 0.2) is 11.4 Å². The molecule has 6 heteroatoms. The number of carbonyl (C=O) groups is 1. The molecule has 0 bridgehead atoms. The summed E-state index contributed by atoms with van der Waals surface area (Å²) in [5.41, 5.74) is 0.608. The van der Waals surface area contributed by atoms with Crippen LogP contribution in [-0.2, 0) is 0 Å². The smallest absolute Gasteiger partial charge is 0.224 e. The molecule has 2 rings (SSSR count). The summed E-state index contributed by atoms with van der Waals surface area (Å²) in [5.74, 6) is 0. The predicted molar refractivity (Wildman–Crippen MR) is 52.8 cm³/mol. The van der Waals surface area contributed by atoms with Crippen molar-refractivity contribution in [2.24, 2.45) is 0 Å². The Morgan fingerprint density at radius 1 is 1.38 bits per heavy atom. The van der Waals surface area contributed by atoms with Crippen LogP contribution in [0.4, 0.5) is 0 Å². The summed E-state index contributed by atoms with van der Waals surface area (Å²) in [7, 11) is 0. The molecule has 0 aliphatic rings. The molecule has 0 amide bonds. The Morgan fingerprint density at radius 3 is 2.85 bits per heavy atom. The first-order valence-electron chi connectivity index (χ1n) is 3.28. The van der Waals surface area contributed by atoms with E-state index in [1.54, 1.807) is 6.07 Å². The molecule has 3 nitrogen and oxygen atoms in total. The van der Waals surface area contributed by atoms with Crippen LogP contribution in [0.15, 0.2) is 6.07 Å². The molecule has 2 aromatic rings. The molecule has 0 spiro atoms. The van der Waals surface area contributed by atoms with E-state index in [0.29, 0.717) is 15.1 Å². The number of thiophene rings is 1. The molecular weight excluding hydrogens is 231 g/mol. The number of rotatable bonds is 1. The number of fused-ring (bicyclic) bond motifs is 1. The minimum atomic E-state index is 0.0905. The number of hydrogen-bond donors (Lipinski definition) is 0. The zero-order chi connectivity index (χ0) is 9.42. The van der Waals surface area contributed by atoms with Crippen LogP contribution in [-0.4, -0.2) is 16.3 Å². The molecule has 0 saturated heterocycles. The van der Waals surface area contributed by atoms with Crippen LogP contribution >= 0.6 is 34.5 Å². The van der Waals surface area contributed by atoms with Crippen molar-refractivity contribution in [3.8, 4) is 0 Å². The summed E-state index contributed by atoms with van der Waals surface area (Å²) in [4.78, 5) is 18.7. The molecule has 0 aromatic carbocycles. The Morgan fingerprint density at radius 2 is 2.15 bits per heavy atom. The van der Waals surface area contributed by atoms with E-state index in [1.807, 2.05) is 0 Å². The van der Waals surface area contributed by atoms with E-state index in [1.165, 1.54) is 11.3 Å². The lowest BCUT2D eigenvalue weighted by Gasteiger charge is -1.91. The standard InChI is InChI=1S/C7H2Cl2N2OS/c8-6-5-4(10-7(9)11-6)1-3(2-12)13-5/h1-2H. The molecule has 0 aliphatic heterocycles. The van der Waals surface area contributed by atoms with Crippen LogP contribution in [0.1, 0.15) is 9.67 Å². The lowest BCUT2D eigenvalue weighted by Crippen LogP contribution is -1.81. The zero-order valence-electron chi connectivity index (χ0n) is 6.12. The van der Waals surface area contributed by atoms with Crippen LogP contribution in [0.25, 0.3) is 10.2 Å². The number of halogens is 2. The summed E-state index contributed by atoms with van der Waals surface area (Å²) in [6.45, 7) is 0. The van der Waals surface area contributed by atoms with Crippen molar-refractivity contribution in [2.75, 3.05) is 0 Å². The highest BCUT2D eigenvalue weighted by Crippen LogP contribution is 2.29. The average molecular weight is 233 g/mol. The molecule has 0 saturated carbocycles. The van der Waals surface area contributed by atoms with Gasteiger partial charge in [-0.2, -0.15) is 0 Å². The van der Waals surface area contributed by atoms with Gasteiger partial charge in [0.2, 0.25) is 5.28 Å². The summed E-state index contributed by atoms with van der Waals surface area (Å²) in [6.07, 6.45) is 0.747. The Hall–Kier alpha value is -0.710. The van der Waals surface area contributed by atoms with Crippen LogP contribution in [0.2, 0.25) is 10.4 Å². The second-order valence-corrected chi connectivity index (χ2v) is 4.04. The molecular formula is C7H2Cl2N2OS. The number of carbonyl (C=O) groups excluding carboxylic acids is 1. The molecule has 0 fully saturated rings. The van der Waals surface area contributed by atoms with Gasteiger partial charge in [-0.1, -0.05) is 11.6 Å². The van der Waals surface area contributed by atoms with Crippen LogP contribution in [0.3, 0.4) is 0 Å². The summed E-state index contributed by atoms with van der Waals surface area (Å²) in [6, 6.07) is 1.63. The highest BCUT2D eigenvalue weighted by Gasteiger charge is 2.08. The van der Waals surface area contributed by atoms with E-state index < -0.39 is 0 Å². The lowest BCUT2D eigenvalue weighted by atomic mass is 10.4. The van der Waals surface area contributed by atoms with E-state index in [2.05, 4.69) is 9.97 Å². The molecule has 2 heterocycles. The van der Waals surface area contributed by atoms with Crippen molar-refractivity contribution in [3.63, 3.8) is 0 Å². The summed E-state index contributed by atoms with van der Waals surface area (Å²) >= 11 is 12.6. The first-order valence-corrected chi connectivity index (χ1v) is 4.85. The lowest BCUT2D eigenvalue weighted by molar-refractivity contribution is 0.112. The molecule has 66 valence electrons. The van der Waals surface area contributed by atoms with Gasteiger partial charge in [-0.3, -0.25) is 4.79 Å². The highest BCUT2D eigenvalue weighted by atomic mass is 35.5. The molecule has 13 heavy (non-hydrogen) atoms. The van der Waals surface area contributed by atoms with Gasteiger partial charge in [-0.25, -0.2) is 9.97 Å². The molecule has 0 unspecified atom stereocenters. The summed E-state index contributed by atoms with van der Waals surface area (Å²) in [5, 5.41) is 0.376. The van der Waals surface area contributed by atoms with Gasteiger partial charge < -0.3 is 0 Å². The van der Waals surface area contributed by atoms with Gasteiger partial charge in [0.1, 0.15) is 0 Å². The fraction of sp³-hybridized carbons (Fsp3) is 0. The first kappa shape index (κ1) is 8.87. The quantitative estimate of drug-likeness (QED) is 0.432.